The van der Waals surface area contributed by atoms with E-state index in [1.165, 1.54) is 0 Å². The maximum atomic E-state index is 10.9. The number of nitrogens with zero attached hydrogens (tertiary/aromatic N) is 1. The van der Waals surface area contributed by atoms with Crippen LogP contribution in [0.25, 0.3) is 11.3 Å². The first kappa shape index (κ1) is 11.6. The summed E-state index contributed by atoms with van der Waals surface area (Å²) in [6, 6.07) is 5.05. The molecule has 0 atom stereocenters. The van der Waals surface area contributed by atoms with E-state index in [1.807, 2.05) is 0 Å². The van der Waals surface area contributed by atoms with Crippen molar-refractivity contribution in [3.63, 3.8) is 0 Å². The van der Waals surface area contributed by atoms with Crippen LogP contribution >= 0.6 is 39.1 Å². The number of benzene rings is 1. The van der Waals surface area contributed by atoms with Crippen molar-refractivity contribution in [2.45, 2.75) is 0 Å². The highest BCUT2D eigenvalue weighted by Gasteiger charge is 2.19. The van der Waals surface area contributed by atoms with Gasteiger partial charge in [-0.1, -0.05) is 34.4 Å². The van der Waals surface area contributed by atoms with E-state index in [9.17, 15) is 4.79 Å². The van der Waals surface area contributed by atoms with Crippen molar-refractivity contribution in [1.82, 2.24) is 5.16 Å². The third-order valence-electron chi connectivity index (χ3n) is 2.00. The molecule has 0 bridgehead atoms. The van der Waals surface area contributed by atoms with Gasteiger partial charge in [0.05, 0.1) is 15.6 Å². The maximum Gasteiger partial charge on any atom is 0.213 e. The Hall–Kier alpha value is -0.840. The first-order chi connectivity index (χ1) is 7.65. The smallest absolute Gasteiger partial charge is 0.213 e. The summed E-state index contributed by atoms with van der Waals surface area (Å²) in [5.74, 6) is 0. The van der Waals surface area contributed by atoms with E-state index in [-0.39, 0.29) is 10.2 Å². The summed E-state index contributed by atoms with van der Waals surface area (Å²) in [6.45, 7) is 0. The Morgan fingerprint density at radius 2 is 1.94 bits per heavy atom. The van der Waals surface area contributed by atoms with Crippen LogP contribution in [0.5, 0.6) is 0 Å². The average molecular weight is 321 g/mol. The molecule has 0 aliphatic carbocycles. The van der Waals surface area contributed by atoms with Gasteiger partial charge in [0.15, 0.2) is 6.29 Å². The third-order valence-corrected chi connectivity index (χ3v) is 3.20. The number of halogens is 3. The van der Waals surface area contributed by atoms with E-state index >= 15 is 0 Å². The number of hydrogen-bond donors (Lipinski definition) is 0. The summed E-state index contributed by atoms with van der Waals surface area (Å²) in [6.07, 6.45) is 0.634. The molecule has 2 aromatic rings. The minimum Gasteiger partial charge on any atom is -0.348 e. The first-order valence-electron chi connectivity index (χ1n) is 4.20. The van der Waals surface area contributed by atoms with Crippen LogP contribution in [0, 0.1) is 0 Å². The van der Waals surface area contributed by atoms with Crippen LogP contribution in [0.2, 0.25) is 10.0 Å². The molecule has 0 amide bonds. The van der Waals surface area contributed by atoms with Gasteiger partial charge in [0.25, 0.3) is 0 Å². The highest BCUT2D eigenvalue weighted by molar-refractivity contribution is 9.10. The van der Waals surface area contributed by atoms with Gasteiger partial charge in [-0.05, 0) is 28.1 Å². The van der Waals surface area contributed by atoms with Crippen molar-refractivity contribution in [2.24, 2.45) is 0 Å². The van der Waals surface area contributed by atoms with E-state index in [2.05, 4.69) is 21.1 Å². The van der Waals surface area contributed by atoms with Crippen LogP contribution in [-0.2, 0) is 0 Å². The van der Waals surface area contributed by atoms with Crippen molar-refractivity contribution in [3.05, 3.63) is 38.5 Å². The van der Waals surface area contributed by atoms with Crippen molar-refractivity contribution < 1.29 is 9.32 Å². The molecule has 0 aliphatic rings. The van der Waals surface area contributed by atoms with E-state index in [1.54, 1.807) is 18.2 Å². The molecule has 1 aromatic carbocycles. The minimum absolute atomic E-state index is 0.258. The summed E-state index contributed by atoms with van der Waals surface area (Å²) in [5, 5.41) is 4.58. The lowest BCUT2D eigenvalue weighted by Gasteiger charge is -2.02. The van der Waals surface area contributed by atoms with Gasteiger partial charge >= 0.3 is 0 Å². The molecular formula is C10H4BrCl2NO2. The molecule has 3 nitrogen and oxygen atoms in total. The molecule has 0 aliphatic heterocycles. The summed E-state index contributed by atoms with van der Waals surface area (Å²) < 4.78 is 5.13. The standard InChI is InChI=1S/C10H4BrCl2NO2/c11-10-5(4-15)9(14-16-10)8-6(12)2-1-3-7(8)13/h1-4H. The normalized spacial score (nSPS) is 10.4. The molecule has 0 unspecified atom stereocenters. The molecule has 1 aromatic heterocycles. The van der Waals surface area contributed by atoms with Gasteiger partial charge in [0, 0.05) is 5.56 Å². The molecule has 1 heterocycles. The number of aldehydes is 1. The predicted octanol–water partition coefficient (Wildman–Crippen LogP) is 4.22. The van der Waals surface area contributed by atoms with Crippen LogP contribution in [-0.4, -0.2) is 11.4 Å². The molecule has 0 fully saturated rings. The fourth-order valence-corrected chi connectivity index (χ4v) is 2.21. The molecule has 0 N–H and O–H groups in total. The van der Waals surface area contributed by atoms with Crippen LogP contribution in [0.1, 0.15) is 10.4 Å². The lowest BCUT2D eigenvalue weighted by atomic mass is 10.1. The van der Waals surface area contributed by atoms with Crippen molar-refractivity contribution in [3.8, 4) is 11.3 Å². The molecule has 0 saturated heterocycles. The van der Waals surface area contributed by atoms with E-state index in [4.69, 9.17) is 27.7 Å². The monoisotopic (exact) mass is 319 g/mol. The third kappa shape index (κ3) is 1.88. The molecular weight excluding hydrogens is 317 g/mol. The first-order valence-corrected chi connectivity index (χ1v) is 5.74. The Balaban J connectivity index is 2.72. The second kappa shape index (κ2) is 4.57. The average Bonchev–Trinajstić information content (AvgIpc) is 2.59. The van der Waals surface area contributed by atoms with Gasteiger partial charge in [-0.3, -0.25) is 4.79 Å². The number of aromatic nitrogens is 1. The molecule has 2 rings (SSSR count). The summed E-state index contributed by atoms with van der Waals surface area (Å²) in [4.78, 5) is 10.9. The number of hydrogen-bond acceptors (Lipinski definition) is 3. The topological polar surface area (TPSA) is 43.1 Å². The van der Waals surface area contributed by atoms with Gasteiger partial charge in [-0.2, -0.15) is 0 Å². The van der Waals surface area contributed by atoms with E-state index in [0.29, 0.717) is 27.6 Å². The largest absolute Gasteiger partial charge is 0.348 e. The van der Waals surface area contributed by atoms with Crippen molar-refractivity contribution >= 4 is 45.4 Å². The quantitative estimate of drug-likeness (QED) is 0.778. The Kier molecular flexibility index (Phi) is 3.33. The zero-order chi connectivity index (χ0) is 11.7. The summed E-state index contributed by atoms with van der Waals surface area (Å²) in [7, 11) is 0. The zero-order valence-corrected chi connectivity index (χ0v) is 10.8. The Bertz CT molecular complexity index is 533. The van der Waals surface area contributed by atoms with Crippen molar-refractivity contribution in [1.29, 1.82) is 0 Å². The predicted molar refractivity (Wildman–Crippen MR) is 65.0 cm³/mol. The highest BCUT2D eigenvalue weighted by atomic mass is 79.9. The lowest BCUT2D eigenvalue weighted by molar-refractivity contribution is 0.112. The lowest BCUT2D eigenvalue weighted by Crippen LogP contribution is -1.87. The van der Waals surface area contributed by atoms with Crippen molar-refractivity contribution in [2.75, 3.05) is 0 Å². The number of carbonyl (C=O) groups excluding carboxylic acids is 1. The number of carbonyl (C=O) groups is 1. The number of rotatable bonds is 2. The van der Waals surface area contributed by atoms with Gasteiger partial charge in [0.1, 0.15) is 5.69 Å². The van der Waals surface area contributed by atoms with Crippen LogP contribution in [0.4, 0.5) is 0 Å². The van der Waals surface area contributed by atoms with Crippen LogP contribution in [0.15, 0.2) is 27.4 Å². The molecule has 6 heteroatoms. The Labute approximate surface area is 109 Å². The minimum atomic E-state index is 0.258. The molecule has 16 heavy (non-hydrogen) atoms. The summed E-state index contributed by atoms with van der Waals surface area (Å²) >= 11 is 15.1. The highest BCUT2D eigenvalue weighted by Crippen LogP contribution is 2.37. The summed E-state index contributed by atoms with van der Waals surface area (Å²) in [5.41, 5.74) is 1.11. The maximum absolute atomic E-state index is 10.9. The van der Waals surface area contributed by atoms with Gasteiger partial charge in [-0.15, -0.1) is 0 Å². The molecule has 0 radical (unpaired) electrons. The molecule has 0 saturated carbocycles. The van der Waals surface area contributed by atoms with Crippen LogP contribution < -0.4 is 0 Å². The second-order valence-electron chi connectivity index (χ2n) is 2.93. The van der Waals surface area contributed by atoms with Gasteiger partial charge in [-0.25, -0.2) is 0 Å². The second-order valence-corrected chi connectivity index (χ2v) is 4.47. The fourth-order valence-electron chi connectivity index (χ4n) is 1.28. The SMILES string of the molecule is O=Cc1c(-c2c(Cl)cccc2Cl)noc1Br. The Morgan fingerprint density at radius 3 is 2.50 bits per heavy atom. The van der Waals surface area contributed by atoms with Gasteiger partial charge in [0.2, 0.25) is 4.67 Å². The van der Waals surface area contributed by atoms with Gasteiger partial charge < -0.3 is 4.52 Å². The molecule has 82 valence electrons. The molecule has 0 spiro atoms. The van der Waals surface area contributed by atoms with E-state index < -0.39 is 0 Å². The van der Waals surface area contributed by atoms with Crippen LogP contribution in [0.3, 0.4) is 0 Å². The zero-order valence-electron chi connectivity index (χ0n) is 7.71. The van der Waals surface area contributed by atoms with E-state index in [0.717, 1.165) is 0 Å². The Morgan fingerprint density at radius 1 is 1.31 bits per heavy atom. The fraction of sp³-hybridized carbons (Fsp3) is 0.